The number of carbonyl (C=O) groups excluding carboxylic acids is 2. The number of aromatic nitrogens is 2. The molecule has 0 unspecified atom stereocenters. The van der Waals surface area contributed by atoms with Gasteiger partial charge < -0.3 is 4.90 Å². The Balaban J connectivity index is 1.75. The fourth-order valence-electron chi connectivity index (χ4n) is 3.51. The minimum atomic E-state index is -0.0748. The second-order valence-corrected chi connectivity index (χ2v) is 6.80. The average molecular weight is 325 g/mol. The molecule has 5 heteroatoms. The highest BCUT2D eigenvalue weighted by Gasteiger charge is 2.33. The average Bonchev–Trinajstić information content (AvgIpc) is 2.54. The van der Waals surface area contributed by atoms with Crippen LogP contribution in [-0.2, 0) is 16.1 Å². The van der Waals surface area contributed by atoms with E-state index in [0.717, 1.165) is 16.6 Å². The SMILES string of the molecule is Cc1nc(CN(C)C(=O)[C@@H]2CCC(=O)C[C@@H]2C)nc2ccccc12. The van der Waals surface area contributed by atoms with Crippen molar-refractivity contribution in [1.82, 2.24) is 14.9 Å². The number of hydrogen-bond acceptors (Lipinski definition) is 4. The number of nitrogens with zero attached hydrogens (tertiary/aromatic N) is 3. The van der Waals surface area contributed by atoms with Gasteiger partial charge in [0.1, 0.15) is 11.6 Å². The van der Waals surface area contributed by atoms with E-state index in [2.05, 4.69) is 9.97 Å². The largest absolute Gasteiger partial charge is 0.338 e. The number of ketones is 1. The maximum Gasteiger partial charge on any atom is 0.226 e. The molecule has 0 bridgehead atoms. The normalized spacial score (nSPS) is 21.0. The Labute approximate surface area is 142 Å². The van der Waals surface area contributed by atoms with Gasteiger partial charge in [0.15, 0.2) is 0 Å². The van der Waals surface area contributed by atoms with Gasteiger partial charge in [-0.3, -0.25) is 9.59 Å². The van der Waals surface area contributed by atoms with Crippen LogP contribution in [0.2, 0.25) is 0 Å². The van der Waals surface area contributed by atoms with Crippen molar-refractivity contribution < 1.29 is 9.59 Å². The standard InChI is InChI=1S/C19H23N3O2/c1-12-10-14(23)8-9-15(12)19(24)22(3)11-18-20-13(2)16-6-4-5-7-17(16)21-18/h4-7,12,15H,8-11H2,1-3H3/t12-,15+/m0/s1. The summed E-state index contributed by atoms with van der Waals surface area (Å²) < 4.78 is 0. The van der Waals surface area contributed by atoms with E-state index in [1.54, 1.807) is 11.9 Å². The molecule has 1 amide bonds. The Kier molecular flexibility index (Phi) is 4.60. The number of aryl methyl sites for hydroxylation is 1. The molecular weight excluding hydrogens is 302 g/mol. The summed E-state index contributed by atoms with van der Waals surface area (Å²) >= 11 is 0. The number of Topliss-reactive ketones (excluding diaryl/α,β-unsaturated/α-hetero) is 1. The monoisotopic (exact) mass is 325 g/mol. The zero-order valence-corrected chi connectivity index (χ0v) is 14.5. The van der Waals surface area contributed by atoms with Crippen LogP contribution >= 0.6 is 0 Å². The number of carbonyl (C=O) groups is 2. The molecule has 1 fully saturated rings. The van der Waals surface area contributed by atoms with E-state index in [1.165, 1.54) is 0 Å². The van der Waals surface area contributed by atoms with Gasteiger partial charge in [0.25, 0.3) is 0 Å². The van der Waals surface area contributed by atoms with Crippen LogP contribution in [0.1, 0.15) is 37.7 Å². The van der Waals surface area contributed by atoms with Gasteiger partial charge in [-0.1, -0.05) is 25.1 Å². The van der Waals surface area contributed by atoms with E-state index in [9.17, 15) is 9.59 Å². The number of rotatable bonds is 3. The molecule has 1 aliphatic carbocycles. The van der Waals surface area contributed by atoms with E-state index in [-0.39, 0.29) is 23.5 Å². The summed E-state index contributed by atoms with van der Waals surface area (Å²) in [7, 11) is 1.79. The molecule has 0 saturated heterocycles. The lowest BCUT2D eigenvalue weighted by Crippen LogP contribution is -2.38. The van der Waals surface area contributed by atoms with Gasteiger partial charge in [0, 0.05) is 36.9 Å². The van der Waals surface area contributed by atoms with E-state index in [4.69, 9.17) is 0 Å². The van der Waals surface area contributed by atoms with Crippen molar-refractivity contribution in [3.05, 3.63) is 35.8 Å². The molecule has 24 heavy (non-hydrogen) atoms. The highest BCUT2D eigenvalue weighted by molar-refractivity contribution is 5.85. The lowest BCUT2D eigenvalue weighted by molar-refractivity contribution is -0.139. The van der Waals surface area contributed by atoms with Crippen molar-refractivity contribution in [2.75, 3.05) is 7.05 Å². The first-order valence-electron chi connectivity index (χ1n) is 8.44. The summed E-state index contributed by atoms with van der Waals surface area (Å²) in [6.07, 6.45) is 1.68. The summed E-state index contributed by atoms with van der Waals surface area (Å²) in [5.74, 6) is 1.04. The Morgan fingerprint density at radius 1 is 1.29 bits per heavy atom. The lowest BCUT2D eigenvalue weighted by Gasteiger charge is -2.30. The Morgan fingerprint density at radius 2 is 2.04 bits per heavy atom. The first-order valence-corrected chi connectivity index (χ1v) is 8.44. The van der Waals surface area contributed by atoms with Crippen LogP contribution in [0, 0.1) is 18.8 Å². The van der Waals surface area contributed by atoms with Crippen LogP contribution in [0.25, 0.3) is 10.9 Å². The van der Waals surface area contributed by atoms with Crippen molar-refractivity contribution in [2.24, 2.45) is 11.8 Å². The quantitative estimate of drug-likeness (QED) is 0.870. The summed E-state index contributed by atoms with van der Waals surface area (Å²) in [5.41, 5.74) is 1.82. The van der Waals surface area contributed by atoms with Crippen LogP contribution in [0.3, 0.4) is 0 Å². The molecule has 1 aromatic heterocycles. The molecule has 126 valence electrons. The molecule has 1 saturated carbocycles. The fraction of sp³-hybridized carbons (Fsp3) is 0.474. The van der Waals surface area contributed by atoms with Crippen LogP contribution in [-0.4, -0.2) is 33.6 Å². The van der Waals surface area contributed by atoms with E-state index in [0.29, 0.717) is 31.6 Å². The molecule has 1 aliphatic rings. The van der Waals surface area contributed by atoms with Gasteiger partial charge in [-0.05, 0) is 25.3 Å². The minimum absolute atomic E-state index is 0.0748. The maximum absolute atomic E-state index is 12.7. The molecule has 1 heterocycles. The maximum atomic E-state index is 12.7. The molecule has 1 aromatic carbocycles. The van der Waals surface area contributed by atoms with Crippen LogP contribution in [0.15, 0.2) is 24.3 Å². The topological polar surface area (TPSA) is 63.2 Å². The second kappa shape index (κ2) is 6.67. The first-order chi connectivity index (χ1) is 11.5. The molecule has 3 rings (SSSR count). The van der Waals surface area contributed by atoms with Crippen LogP contribution in [0.5, 0.6) is 0 Å². The van der Waals surface area contributed by atoms with Gasteiger partial charge in [-0.15, -0.1) is 0 Å². The summed E-state index contributed by atoms with van der Waals surface area (Å²) in [6, 6.07) is 7.89. The third-order valence-corrected chi connectivity index (χ3v) is 4.88. The van der Waals surface area contributed by atoms with Crippen molar-refractivity contribution >= 4 is 22.6 Å². The number of benzene rings is 1. The predicted molar refractivity (Wildman–Crippen MR) is 92.3 cm³/mol. The zero-order chi connectivity index (χ0) is 17.3. The van der Waals surface area contributed by atoms with Gasteiger partial charge in [-0.25, -0.2) is 9.97 Å². The molecule has 2 atom stereocenters. The van der Waals surface area contributed by atoms with Gasteiger partial charge in [0.05, 0.1) is 12.1 Å². The highest BCUT2D eigenvalue weighted by atomic mass is 16.2. The van der Waals surface area contributed by atoms with Crippen molar-refractivity contribution in [3.63, 3.8) is 0 Å². The van der Waals surface area contributed by atoms with Crippen LogP contribution < -0.4 is 0 Å². The molecule has 0 N–H and O–H groups in total. The fourth-order valence-corrected chi connectivity index (χ4v) is 3.51. The van der Waals surface area contributed by atoms with Crippen molar-refractivity contribution in [3.8, 4) is 0 Å². The number of amides is 1. The van der Waals surface area contributed by atoms with Gasteiger partial charge >= 0.3 is 0 Å². The predicted octanol–water partition coefficient (Wildman–Crippen LogP) is 2.90. The highest BCUT2D eigenvalue weighted by Crippen LogP contribution is 2.29. The third kappa shape index (κ3) is 3.30. The third-order valence-electron chi connectivity index (χ3n) is 4.88. The second-order valence-electron chi connectivity index (χ2n) is 6.80. The molecule has 2 aromatic rings. The van der Waals surface area contributed by atoms with E-state index >= 15 is 0 Å². The lowest BCUT2D eigenvalue weighted by atomic mass is 9.79. The number of para-hydroxylation sites is 1. The Hall–Kier alpha value is -2.30. The molecule has 5 nitrogen and oxygen atoms in total. The molecule has 0 aliphatic heterocycles. The van der Waals surface area contributed by atoms with Crippen molar-refractivity contribution in [1.29, 1.82) is 0 Å². The van der Waals surface area contributed by atoms with Crippen LogP contribution in [0.4, 0.5) is 0 Å². The summed E-state index contributed by atoms with van der Waals surface area (Å²) in [5, 5.41) is 1.04. The van der Waals surface area contributed by atoms with Crippen molar-refractivity contribution in [2.45, 2.75) is 39.7 Å². The van der Waals surface area contributed by atoms with Gasteiger partial charge in [-0.2, -0.15) is 0 Å². The van der Waals surface area contributed by atoms with Gasteiger partial charge in [0.2, 0.25) is 5.91 Å². The van der Waals surface area contributed by atoms with E-state index < -0.39 is 0 Å². The molecular formula is C19H23N3O2. The molecule has 0 spiro atoms. The Bertz CT molecular complexity index is 787. The minimum Gasteiger partial charge on any atom is -0.338 e. The number of fused-ring (bicyclic) bond motifs is 1. The zero-order valence-electron chi connectivity index (χ0n) is 14.5. The molecule has 0 radical (unpaired) electrons. The number of hydrogen-bond donors (Lipinski definition) is 0. The first kappa shape index (κ1) is 16.6. The summed E-state index contributed by atoms with van der Waals surface area (Å²) in [6.45, 7) is 4.34. The van der Waals surface area contributed by atoms with E-state index in [1.807, 2.05) is 38.1 Å². The smallest absolute Gasteiger partial charge is 0.226 e. The summed E-state index contributed by atoms with van der Waals surface area (Å²) in [4.78, 5) is 35.1. The Morgan fingerprint density at radius 3 is 2.79 bits per heavy atom.